The zero-order valence-electron chi connectivity index (χ0n) is 11.9. The van der Waals surface area contributed by atoms with Crippen LogP contribution in [0.3, 0.4) is 0 Å². The van der Waals surface area contributed by atoms with Crippen molar-refractivity contribution in [3.63, 3.8) is 0 Å². The molecule has 3 N–H and O–H groups in total. The molecule has 4 nitrogen and oxygen atoms in total. The summed E-state index contributed by atoms with van der Waals surface area (Å²) in [6, 6.07) is 7.32. The number of thiocarbonyl (C=S) groups is 1. The third-order valence-electron chi connectivity index (χ3n) is 4.58. The van der Waals surface area contributed by atoms with Crippen molar-refractivity contribution < 1.29 is 9.53 Å². The lowest BCUT2D eigenvalue weighted by atomic mass is 9.88. The first-order chi connectivity index (χ1) is 10.1. The van der Waals surface area contributed by atoms with Gasteiger partial charge in [0.1, 0.15) is 17.3 Å². The van der Waals surface area contributed by atoms with Gasteiger partial charge in [0.15, 0.2) is 0 Å². The van der Waals surface area contributed by atoms with Gasteiger partial charge in [-0.25, -0.2) is 0 Å². The van der Waals surface area contributed by atoms with E-state index in [-0.39, 0.29) is 18.4 Å². The van der Waals surface area contributed by atoms with Crippen molar-refractivity contribution in [2.24, 2.45) is 23.5 Å². The summed E-state index contributed by atoms with van der Waals surface area (Å²) in [6.07, 6.45) is 4.83. The summed E-state index contributed by atoms with van der Waals surface area (Å²) in [4.78, 5) is 12.7. The van der Waals surface area contributed by atoms with Crippen molar-refractivity contribution in [3.05, 3.63) is 24.3 Å². The number of benzene rings is 1. The van der Waals surface area contributed by atoms with Gasteiger partial charge in [-0.2, -0.15) is 0 Å². The van der Waals surface area contributed by atoms with Gasteiger partial charge in [-0.05, 0) is 55.4 Å². The molecular weight excluding hydrogens is 284 g/mol. The van der Waals surface area contributed by atoms with Crippen molar-refractivity contribution >= 4 is 28.8 Å². The van der Waals surface area contributed by atoms with Gasteiger partial charge in [0.05, 0.1) is 0 Å². The second-order valence-corrected chi connectivity index (χ2v) is 6.57. The minimum absolute atomic E-state index is 0.166. The maximum Gasteiger partial charge on any atom is 0.227 e. The number of nitrogens with two attached hydrogens (primary N) is 1. The number of anilines is 1. The Morgan fingerprint density at radius 2 is 2.05 bits per heavy atom. The molecule has 2 saturated carbocycles. The highest BCUT2D eigenvalue weighted by Crippen LogP contribution is 2.48. The van der Waals surface area contributed by atoms with E-state index in [0.29, 0.717) is 16.7 Å². The molecule has 0 saturated heterocycles. The topological polar surface area (TPSA) is 64.3 Å². The quantitative estimate of drug-likeness (QED) is 0.821. The largest absolute Gasteiger partial charge is 0.487 e. The van der Waals surface area contributed by atoms with Gasteiger partial charge in [0, 0.05) is 11.6 Å². The first kappa shape index (κ1) is 14.3. The number of amides is 1. The lowest BCUT2D eigenvalue weighted by molar-refractivity contribution is -0.121. The lowest BCUT2D eigenvalue weighted by Gasteiger charge is -2.20. The van der Waals surface area contributed by atoms with E-state index in [1.807, 2.05) is 24.3 Å². The molecule has 1 amide bonds. The SMILES string of the molecule is NC(=S)COc1ccc(NC(=O)C2CC3CCC2C3)cc1. The fourth-order valence-electron chi connectivity index (χ4n) is 3.59. The van der Waals surface area contributed by atoms with E-state index in [0.717, 1.165) is 18.0 Å². The van der Waals surface area contributed by atoms with Crippen LogP contribution in [0.1, 0.15) is 25.7 Å². The van der Waals surface area contributed by atoms with E-state index < -0.39 is 0 Å². The number of fused-ring (bicyclic) bond motifs is 2. The highest BCUT2D eigenvalue weighted by atomic mass is 32.1. The van der Waals surface area contributed by atoms with E-state index >= 15 is 0 Å². The van der Waals surface area contributed by atoms with Crippen LogP contribution in [0.2, 0.25) is 0 Å². The number of hydrogen-bond acceptors (Lipinski definition) is 3. The summed E-state index contributed by atoms with van der Waals surface area (Å²) in [5.41, 5.74) is 6.20. The van der Waals surface area contributed by atoms with E-state index in [9.17, 15) is 4.79 Å². The standard InChI is InChI=1S/C16H20N2O2S/c17-15(21)9-20-13-5-3-12(4-6-13)18-16(19)14-8-10-1-2-11(14)7-10/h3-6,10-11,14H,1-2,7-9H2,(H2,17,21)(H,18,19). The Labute approximate surface area is 130 Å². The summed E-state index contributed by atoms with van der Waals surface area (Å²) in [5, 5.41) is 3.02. The van der Waals surface area contributed by atoms with Crippen molar-refractivity contribution in [2.75, 3.05) is 11.9 Å². The number of hydrogen-bond donors (Lipinski definition) is 2. The highest BCUT2D eigenvalue weighted by molar-refractivity contribution is 7.80. The number of carbonyl (C=O) groups excluding carboxylic acids is 1. The minimum Gasteiger partial charge on any atom is -0.487 e. The van der Waals surface area contributed by atoms with E-state index in [1.165, 1.54) is 19.3 Å². The Hall–Kier alpha value is -1.62. The molecule has 0 spiro atoms. The summed E-state index contributed by atoms with van der Waals surface area (Å²) in [5.74, 6) is 2.44. The van der Waals surface area contributed by atoms with Gasteiger partial charge in [-0.15, -0.1) is 0 Å². The summed E-state index contributed by atoms with van der Waals surface area (Å²) in [6.45, 7) is 0.228. The molecule has 0 aromatic heterocycles. The van der Waals surface area contributed by atoms with Crippen LogP contribution in [0, 0.1) is 17.8 Å². The predicted octanol–water partition coefficient (Wildman–Crippen LogP) is 2.73. The third kappa shape index (κ3) is 3.35. The van der Waals surface area contributed by atoms with Gasteiger partial charge in [-0.3, -0.25) is 4.79 Å². The molecule has 1 aromatic rings. The van der Waals surface area contributed by atoms with E-state index in [2.05, 4.69) is 5.32 Å². The van der Waals surface area contributed by atoms with E-state index in [4.69, 9.17) is 22.7 Å². The van der Waals surface area contributed by atoms with E-state index in [1.54, 1.807) is 0 Å². The first-order valence-corrected chi connectivity index (χ1v) is 7.84. The maximum absolute atomic E-state index is 12.3. The summed E-state index contributed by atoms with van der Waals surface area (Å²) >= 11 is 4.76. The Balaban J connectivity index is 1.55. The van der Waals surface area contributed by atoms with Crippen molar-refractivity contribution in [1.82, 2.24) is 0 Å². The van der Waals surface area contributed by atoms with Gasteiger partial charge in [0.25, 0.3) is 0 Å². The number of carbonyl (C=O) groups is 1. The molecule has 2 aliphatic rings. The summed E-state index contributed by atoms with van der Waals surface area (Å²) in [7, 11) is 0. The highest BCUT2D eigenvalue weighted by Gasteiger charge is 2.42. The molecule has 112 valence electrons. The molecule has 3 unspecified atom stereocenters. The van der Waals surface area contributed by atoms with Gasteiger partial charge < -0.3 is 15.8 Å². The first-order valence-electron chi connectivity index (χ1n) is 7.44. The molecule has 3 rings (SSSR count). The molecule has 0 aliphatic heterocycles. The van der Waals surface area contributed by atoms with Crippen LogP contribution in [-0.2, 0) is 4.79 Å². The second kappa shape index (κ2) is 6.02. The van der Waals surface area contributed by atoms with Crippen molar-refractivity contribution in [1.29, 1.82) is 0 Å². The zero-order valence-corrected chi connectivity index (χ0v) is 12.7. The average molecular weight is 304 g/mol. The Bertz CT molecular complexity index is 544. The zero-order chi connectivity index (χ0) is 14.8. The number of ether oxygens (including phenoxy) is 1. The van der Waals surface area contributed by atoms with Crippen LogP contribution >= 0.6 is 12.2 Å². The third-order valence-corrected chi connectivity index (χ3v) is 4.70. The van der Waals surface area contributed by atoms with Crippen LogP contribution in [0.15, 0.2) is 24.3 Å². The smallest absolute Gasteiger partial charge is 0.227 e. The molecule has 0 radical (unpaired) electrons. The van der Waals surface area contributed by atoms with Crippen LogP contribution in [0.5, 0.6) is 5.75 Å². The Morgan fingerprint density at radius 1 is 1.29 bits per heavy atom. The van der Waals surface area contributed by atoms with Gasteiger partial charge in [-0.1, -0.05) is 18.6 Å². The van der Waals surface area contributed by atoms with Crippen molar-refractivity contribution in [3.8, 4) is 5.75 Å². The minimum atomic E-state index is 0.166. The Kier molecular flexibility index (Phi) is 4.10. The monoisotopic (exact) mass is 304 g/mol. The van der Waals surface area contributed by atoms with Crippen molar-refractivity contribution in [2.45, 2.75) is 25.7 Å². The fourth-order valence-corrected chi connectivity index (χ4v) is 3.65. The number of rotatable bonds is 5. The molecule has 3 atom stereocenters. The molecule has 0 heterocycles. The van der Waals surface area contributed by atoms with Crippen LogP contribution < -0.4 is 15.8 Å². The lowest BCUT2D eigenvalue weighted by Crippen LogP contribution is -2.27. The Morgan fingerprint density at radius 3 is 2.62 bits per heavy atom. The maximum atomic E-state index is 12.3. The normalized spacial score (nSPS) is 26.6. The molecular formula is C16H20N2O2S. The van der Waals surface area contributed by atoms with Crippen LogP contribution in [-0.4, -0.2) is 17.5 Å². The predicted molar refractivity (Wildman–Crippen MR) is 86.3 cm³/mol. The molecule has 2 bridgehead atoms. The molecule has 2 fully saturated rings. The molecule has 21 heavy (non-hydrogen) atoms. The molecule has 2 aliphatic carbocycles. The van der Waals surface area contributed by atoms with Gasteiger partial charge >= 0.3 is 0 Å². The average Bonchev–Trinajstić information content (AvgIpc) is 3.09. The van der Waals surface area contributed by atoms with Gasteiger partial charge in [0.2, 0.25) is 5.91 Å². The molecule has 5 heteroatoms. The molecule has 1 aromatic carbocycles. The fraction of sp³-hybridized carbons (Fsp3) is 0.500. The second-order valence-electron chi connectivity index (χ2n) is 6.05. The number of nitrogens with one attached hydrogen (secondary N) is 1. The van der Waals surface area contributed by atoms with Crippen LogP contribution in [0.4, 0.5) is 5.69 Å². The summed E-state index contributed by atoms with van der Waals surface area (Å²) < 4.78 is 5.39. The van der Waals surface area contributed by atoms with Crippen LogP contribution in [0.25, 0.3) is 0 Å².